The molecule has 0 spiro atoms. The molecule has 6 nitrogen and oxygen atoms in total. The molecule has 0 bridgehead atoms. The van der Waals surface area contributed by atoms with Crippen LogP contribution < -0.4 is 5.32 Å². The SMILES string of the molecule is CCCCCCC(=O)C[C@@H](C)C(=O)N[C@@H](CC(C)C)C(=O)[C@@]1(CO[Si](C)(C)C(C)(C)C)CO1. The standard InChI is InChI=1S/C26H49NO5Si/c1-10-11-12-13-14-21(28)16-20(4)24(30)27-22(15-19(2)3)23(29)26(17-31-26)18-32-33(8,9)25(5,6)7/h19-20,22H,10-18H2,1-9H3,(H,27,30)/t20-,22+,26+/m1/s1. The Hall–Kier alpha value is -1.05. The fourth-order valence-corrected chi connectivity index (χ4v) is 4.54. The molecule has 7 heteroatoms. The Morgan fingerprint density at radius 1 is 1.09 bits per heavy atom. The van der Waals surface area contributed by atoms with Gasteiger partial charge in [-0.3, -0.25) is 14.4 Å². The predicted molar refractivity (Wildman–Crippen MR) is 136 cm³/mol. The highest BCUT2D eigenvalue weighted by Gasteiger charge is 2.56. The van der Waals surface area contributed by atoms with Crippen LogP contribution in [-0.2, 0) is 23.5 Å². The summed E-state index contributed by atoms with van der Waals surface area (Å²) >= 11 is 0. The summed E-state index contributed by atoms with van der Waals surface area (Å²) < 4.78 is 11.9. The van der Waals surface area contributed by atoms with Crippen LogP contribution in [0.3, 0.4) is 0 Å². The van der Waals surface area contributed by atoms with Gasteiger partial charge in [0, 0.05) is 18.8 Å². The first-order chi connectivity index (χ1) is 15.1. The van der Waals surface area contributed by atoms with Gasteiger partial charge in [0.25, 0.3) is 0 Å². The third-order valence-electron chi connectivity index (χ3n) is 7.04. The second-order valence-corrected chi connectivity index (χ2v) is 16.7. The van der Waals surface area contributed by atoms with Crippen LogP contribution >= 0.6 is 0 Å². The zero-order valence-electron chi connectivity index (χ0n) is 22.6. The molecule has 0 aromatic carbocycles. The zero-order valence-corrected chi connectivity index (χ0v) is 23.6. The Balaban J connectivity index is 2.74. The largest absolute Gasteiger partial charge is 0.413 e. The molecule has 33 heavy (non-hydrogen) atoms. The van der Waals surface area contributed by atoms with Gasteiger partial charge in [0.1, 0.15) is 5.78 Å². The van der Waals surface area contributed by atoms with Crippen molar-refractivity contribution in [3.05, 3.63) is 0 Å². The summed E-state index contributed by atoms with van der Waals surface area (Å²) in [5.74, 6) is -0.457. The molecule has 1 aliphatic rings. The molecule has 0 aliphatic carbocycles. The summed E-state index contributed by atoms with van der Waals surface area (Å²) in [6.45, 7) is 19.3. The average Bonchev–Trinajstić information content (AvgIpc) is 3.48. The number of ketones is 2. The lowest BCUT2D eigenvalue weighted by atomic mass is 9.91. The number of unbranched alkanes of at least 4 members (excludes halogenated alkanes) is 3. The van der Waals surface area contributed by atoms with Crippen LogP contribution in [0.1, 0.15) is 93.4 Å². The summed E-state index contributed by atoms with van der Waals surface area (Å²) in [6.07, 6.45) is 5.46. The van der Waals surface area contributed by atoms with E-state index in [1.54, 1.807) is 6.92 Å². The molecule has 0 unspecified atom stereocenters. The topological polar surface area (TPSA) is 85.0 Å². The van der Waals surface area contributed by atoms with Gasteiger partial charge in [-0.15, -0.1) is 0 Å². The molecular weight excluding hydrogens is 434 g/mol. The van der Waals surface area contributed by atoms with E-state index in [0.29, 0.717) is 19.4 Å². The lowest BCUT2D eigenvalue weighted by molar-refractivity contribution is -0.134. The summed E-state index contributed by atoms with van der Waals surface area (Å²) in [7, 11) is -2.03. The molecule has 192 valence electrons. The summed E-state index contributed by atoms with van der Waals surface area (Å²) in [4.78, 5) is 38.6. The first-order valence-electron chi connectivity index (χ1n) is 12.8. The number of amides is 1. The maximum absolute atomic E-state index is 13.4. The van der Waals surface area contributed by atoms with Crippen LogP contribution in [0.15, 0.2) is 0 Å². The minimum Gasteiger partial charge on any atom is -0.413 e. The normalized spacial score (nSPS) is 20.4. The van der Waals surface area contributed by atoms with Crippen molar-refractivity contribution in [2.45, 2.75) is 123 Å². The van der Waals surface area contributed by atoms with E-state index in [1.807, 2.05) is 13.8 Å². The minimum absolute atomic E-state index is 0.0379. The van der Waals surface area contributed by atoms with Crippen LogP contribution in [-0.4, -0.2) is 50.6 Å². The molecular formula is C26H49NO5Si. The summed E-state index contributed by atoms with van der Waals surface area (Å²) in [5, 5.41) is 2.98. The molecule has 1 saturated heterocycles. The third kappa shape index (κ3) is 9.61. The first-order valence-corrected chi connectivity index (χ1v) is 15.7. The van der Waals surface area contributed by atoms with E-state index in [4.69, 9.17) is 9.16 Å². The highest BCUT2D eigenvalue weighted by molar-refractivity contribution is 6.74. The molecule has 0 aromatic rings. The van der Waals surface area contributed by atoms with Crippen molar-refractivity contribution in [3.8, 4) is 0 Å². The Labute approximate surface area is 203 Å². The molecule has 0 aromatic heterocycles. The number of hydrogen-bond donors (Lipinski definition) is 1. The van der Waals surface area contributed by atoms with E-state index >= 15 is 0 Å². The van der Waals surface area contributed by atoms with Crippen molar-refractivity contribution in [1.82, 2.24) is 5.32 Å². The number of rotatable bonds is 16. The number of Topliss-reactive ketones (excluding diaryl/α,β-unsaturated/α-hetero) is 2. The van der Waals surface area contributed by atoms with Gasteiger partial charge in [-0.25, -0.2) is 0 Å². The second kappa shape index (κ2) is 12.6. The Kier molecular flexibility index (Phi) is 11.4. The number of ether oxygens (including phenoxy) is 1. The molecule has 1 heterocycles. The third-order valence-corrected chi connectivity index (χ3v) is 11.5. The summed E-state index contributed by atoms with van der Waals surface area (Å²) in [5.41, 5.74) is -0.958. The molecule has 1 N–H and O–H groups in total. The highest BCUT2D eigenvalue weighted by atomic mass is 28.4. The van der Waals surface area contributed by atoms with Gasteiger partial charge in [0.05, 0.1) is 19.3 Å². The zero-order chi connectivity index (χ0) is 25.4. The summed E-state index contributed by atoms with van der Waals surface area (Å²) in [6, 6.07) is -0.634. The van der Waals surface area contributed by atoms with Crippen LogP contribution in [0, 0.1) is 11.8 Å². The van der Waals surface area contributed by atoms with Gasteiger partial charge in [0.15, 0.2) is 19.7 Å². The monoisotopic (exact) mass is 483 g/mol. The maximum Gasteiger partial charge on any atom is 0.223 e. The lowest BCUT2D eigenvalue weighted by Gasteiger charge is -2.37. The van der Waals surface area contributed by atoms with Crippen LogP contribution in [0.4, 0.5) is 0 Å². The molecule has 1 rings (SSSR count). The quantitative estimate of drug-likeness (QED) is 0.179. The fourth-order valence-electron chi connectivity index (χ4n) is 3.52. The number of nitrogens with one attached hydrogen (secondary N) is 1. The number of epoxide rings is 1. The fraction of sp³-hybridized carbons (Fsp3) is 0.885. The molecule has 1 fully saturated rings. The molecule has 1 aliphatic heterocycles. The van der Waals surface area contributed by atoms with Gasteiger partial charge in [-0.2, -0.15) is 0 Å². The second-order valence-electron chi connectivity index (χ2n) is 11.8. The van der Waals surface area contributed by atoms with Crippen LogP contribution in [0.2, 0.25) is 18.1 Å². The molecule has 0 saturated carbocycles. The van der Waals surface area contributed by atoms with Gasteiger partial charge in [-0.1, -0.05) is 67.7 Å². The number of carbonyl (C=O) groups excluding carboxylic acids is 3. The van der Waals surface area contributed by atoms with Crippen molar-refractivity contribution in [2.75, 3.05) is 13.2 Å². The van der Waals surface area contributed by atoms with E-state index in [1.165, 1.54) is 0 Å². The van der Waals surface area contributed by atoms with E-state index < -0.39 is 25.9 Å². The van der Waals surface area contributed by atoms with E-state index in [2.05, 4.69) is 46.1 Å². The van der Waals surface area contributed by atoms with Crippen molar-refractivity contribution < 1.29 is 23.5 Å². The highest BCUT2D eigenvalue weighted by Crippen LogP contribution is 2.39. The Morgan fingerprint density at radius 2 is 1.70 bits per heavy atom. The van der Waals surface area contributed by atoms with Crippen molar-refractivity contribution in [2.24, 2.45) is 11.8 Å². The average molecular weight is 484 g/mol. The number of carbonyl (C=O) groups is 3. The van der Waals surface area contributed by atoms with Gasteiger partial charge >= 0.3 is 0 Å². The van der Waals surface area contributed by atoms with Crippen LogP contribution in [0.5, 0.6) is 0 Å². The van der Waals surface area contributed by atoms with Gasteiger partial charge in [-0.05, 0) is 36.9 Å². The molecule has 0 radical (unpaired) electrons. The molecule has 1 amide bonds. The Morgan fingerprint density at radius 3 is 2.18 bits per heavy atom. The van der Waals surface area contributed by atoms with Gasteiger partial charge in [0.2, 0.25) is 5.91 Å². The van der Waals surface area contributed by atoms with Crippen molar-refractivity contribution >= 4 is 25.8 Å². The lowest BCUT2D eigenvalue weighted by Crippen LogP contribution is -2.52. The Bertz CT molecular complexity index is 664. The van der Waals surface area contributed by atoms with E-state index in [-0.39, 0.29) is 41.5 Å². The predicted octanol–water partition coefficient (Wildman–Crippen LogP) is 5.44. The first kappa shape index (κ1) is 30.0. The smallest absolute Gasteiger partial charge is 0.223 e. The van der Waals surface area contributed by atoms with E-state index in [9.17, 15) is 14.4 Å². The van der Waals surface area contributed by atoms with Crippen LogP contribution in [0.25, 0.3) is 0 Å². The van der Waals surface area contributed by atoms with Gasteiger partial charge < -0.3 is 14.5 Å². The maximum atomic E-state index is 13.4. The van der Waals surface area contributed by atoms with Crippen molar-refractivity contribution in [1.29, 1.82) is 0 Å². The van der Waals surface area contributed by atoms with E-state index in [0.717, 1.165) is 25.7 Å². The minimum atomic E-state index is -2.03. The van der Waals surface area contributed by atoms with Crippen molar-refractivity contribution in [3.63, 3.8) is 0 Å². The molecule has 3 atom stereocenters. The number of hydrogen-bond acceptors (Lipinski definition) is 5.